The number of aliphatic imine (C=N–C) groups is 1. The van der Waals surface area contributed by atoms with Crippen LogP contribution >= 0.6 is 35.3 Å². The van der Waals surface area contributed by atoms with Gasteiger partial charge in [-0.1, -0.05) is 13.0 Å². The molecule has 5 heteroatoms. The molecule has 0 atom stereocenters. The highest BCUT2D eigenvalue weighted by molar-refractivity contribution is 14.0. The van der Waals surface area contributed by atoms with Crippen LogP contribution < -0.4 is 11.1 Å². The molecule has 102 valence electrons. The van der Waals surface area contributed by atoms with Crippen molar-refractivity contribution in [2.24, 2.45) is 16.1 Å². The van der Waals surface area contributed by atoms with Gasteiger partial charge in [-0.3, -0.25) is 4.99 Å². The van der Waals surface area contributed by atoms with E-state index in [-0.39, 0.29) is 24.0 Å². The summed E-state index contributed by atoms with van der Waals surface area (Å²) in [4.78, 5) is 5.82. The van der Waals surface area contributed by atoms with Crippen LogP contribution in [0, 0.1) is 5.41 Å². The first-order valence-corrected chi connectivity index (χ1v) is 7.18. The smallest absolute Gasteiger partial charge is 0.188 e. The van der Waals surface area contributed by atoms with Crippen LogP contribution in [-0.4, -0.2) is 19.0 Å². The van der Waals surface area contributed by atoms with Crippen molar-refractivity contribution >= 4 is 41.3 Å². The zero-order valence-corrected chi connectivity index (χ0v) is 14.0. The summed E-state index contributed by atoms with van der Waals surface area (Å²) >= 11 is 1.79. The highest BCUT2D eigenvalue weighted by atomic mass is 127. The van der Waals surface area contributed by atoms with E-state index < -0.39 is 0 Å². The molecule has 0 aromatic carbocycles. The lowest BCUT2D eigenvalue weighted by Gasteiger charge is -2.09. The summed E-state index contributed by atoms with van der Waals surface area (Å²) < 4.78 is 0. The van der Waals surface area contributed by atoms with Gasteiger partial charge in [0, 0.05) is 18.0 Å². The summed E-state index contributed by atoms with van der Waals surface area (Å²) in [5.41, 5.74) is 6.33. The number of halogens is 1. The molecule has 0 spiro atoms. The van der Waals surface area contributed by atoms with Crippen molar-refractivity contribution in [1.82, 2.24) is 5.32 Å². The van der Waals surface area contributed by atoms with E-state index in [9.17, 15) is 0 Å². The van der Waals surface area contributed by atoms with E-state index in [0.29, 0.717) is 11.4 Å². The molecule has 18 heavy (non-hydrogen) atoms. The molecule has 1 aromatic rings. The second-order valence-corrected chi connectivity index (χ2v) is 5.84. The van der Waals surface area contributed by atoms with Crippen LogP contribution in [0.1, 0.15) is 31.1 Å². The van der Waals surface area contributed by atoms with E-state index in [1.54, 1.807) is 11.3 Å². The zero-order chi connectivity index (χ0) is 12.1. The van der Waals surface area contributed by atoms with Crippen molar-refractivity contribution in [1.29, 1.82) is 0 Å². The van der Waals surface area contributed by atoms with Gasteiger partial charge in [-0.15, -0.1) is 35.3 Å². The van der Waals surface area contributed by atoms with E-state index in [0.717, 1.165) is 19.5 Å². The lowest BCUT2D eigenvalue weighted by molar-refractivity contribution is 0.505. The standard InChI is InChI=1S/C13H21N3S.HI/c1-2-13(6-7-13)10-16-12(14)15-8-5-11-4-3-9-17-11;/h3-4,9H,2,5-8,10H2,1H3,(H3,14,15,16);1H. The molecule has 3 N–H and O–H groups in total. The normalized spacial score (nSPS) is 17.1. The molecule has 1 fully saturated rings. The van der Waals surface area contributed by atoms with Crippen molar-refractivity contribution in [2.45, 2.75) is 32.6 Å². The van der Waals surface area contributed by atoms with Gasteiger partial charge < -0.3 is 11.1 Å². The molecule has 1 saturated carbocycles. The van der Waals surface area contributed by atoms with Gasteiger partial charge in [-0.25, -0.2) is 0 Å². The van der Waals surface area contributed by atoms with E-state index >= 15 is 0 Å². The molecule has 1 aliphatic rings. The Morgan fingerprint density at radius 1 is 1.56 bits per heavy atom. The summed E-state index contributed by atoms with van der Waals surface area (Å²) in [5.74, 6) is 0.598. The summed E-state index contributed by atoms with van der Waals surface area (Å²) in [5, 5.41) is 5.28. The summed E-state index contributed by atoms with van der Waals surface area (Å²) in [6.07, 6.45) is 4.87. The predicted octanol–water partition coefficient (Wildman–Crippen LogP) is 3.00. The fourth-order valence-electron chi connectivity index (χ4n) is 1.88. The highest BCUT2D eigenvalue weighted by Crippen LogP contribution is 2.48. The summed E-state index contributed by atoms with van der Waals surface area (Å²) in [6, 6.07) is 4.23. The quantitative estimate of drug-likeness (QED) is 0.454. The minimum absolute atomic E-state index is 0. The van der Waals surface area contributed by atoms with Gasteiger partial charge in [-0.05, 0) is 42.5 Å². The van der Waals surface area contributed by atoms with Crippen molar-refractivity contribution in [3.05, 3.63) is 22.4 Å². The average Bonchev–Trinajstić information content (AvgIpc) is 2.95. The molecule has 0 amide bonds. The molecule has 0 aliphatic heterocycles. The topological polar surface area (TPSA) is 50.4 Å². The molecule has 1 aromatic heterocycles. The Kier molecular flexibility index (Phi) is 6.42. The molecule has 0 saturated heterocycles. The minimum atomic E-state index is 0. The summed E-state index contributed by atoms with van der Waals surface area (Å²) in [6.45, 7) is 4.00. The number of hydrogen-bond acceptors (Lipinski definition) is 2. The van der Waals surface area contributed by atoms with Crippen LogP contribution in [0.5, 0.6) is 0 Å². The largest absolute Gasteiger partial charge is 0.370 e. The van der Waals surface area contributed by atoms with E-state index in [4.69, 9.17) is 5.73 Å². The van der Waals surface area contributed by atoms with Crippen molar-refractivity contribution in [2.75, 3.05) is 13.1 Å². The Morgan fingerprint density at radius 3 is 2.89 bits per heavy atom. The van der Waals surface area contributed by atoms with Gasteiger partial charge in [0.15, 0.2) is 5.96 Å². The van der Waals surface area contributed by atoms with Crippen LogP contribution in [0.15, 0.2) is 22.5 Å². The molecule has 1 heterocycles. The number of nitrogens with zero attached hydrogens (tertiary/aromatic N) is 1. The van der Waals surface area contributed by atoms with Gasteiger partial charge in [-0.2, -0.15) is 0 Å². The Labute approximate surface area is 130 Å². The highest BCUT2D eigenvalue weighted by Gasteiger charge is 2.40. The molecule has 0 radical (unpaired) electrons. The molecular formula is C13H22IN3S. The first kappa shape index (κ1) is 15.8. The maximum absolute atomic E-state index is 5.85. The maximum atomic E-state index is 5.85. The van der Waals surface area contributed by atoms with Crippen LogP contribution in [0.25, 0.3) is 0 Å². The van der Waals surface area contributed by atoms with Crippen LogP contribution in [0.2, 0.25) is 0 Å². The fraction of sp³-hybridized carbons (Fsp3) is 0.615. The molecule has 3 nitrogen and oxygen atoms in total. The fourth-order valence-corrected chi connectivity index (χ4v) is 2.59. The third-order valence-corrected chi connectivity index (χ3v) is 4.49. The number of guanidine groups is 1. The molecule has 1 aliphatic carbocycles. The summed E-state index contributed by atoms with van der Waals surface area (Å²) in [7, 11) is 0. The number of nitrogens with two attached hydrogens (primary N) is 1. The van der Waals surface area contributed by atoms with E-state index in [2.05, 4.69) is 34.7 Å². The van der Waals surface area contributed by atoms with E-state index in [1.807, 2.05) is 0 Å². The molecular weight excluding hydrogens is 357 g/mol. The van der Waals surface area contributed by atoms with Crippen LogP contribution in [0.3, 0.4) is 0 Å². The average molecular weight is 379 g/mol. The SMILES string of the molecule is CCC1(CN=C(N)NCCc2cccs2)CC1.I. The Morgan fingerprint density at radius 2 is 2.33 bits per heavy atom. The molecule has 0 unspecified atom stereocenters. The second-order valence-electron chi connectivity index (χ2n) is 4.81. The van der Waals surface area contributed by atoms with Crippen molar-refractivity contribution < 1.29 is 0 Å². The maximum Gasteiger partial charge on any atom is 0.188 e. The molecule has 0 bridgehead atoms. The number of thiophene rings is 1. The minimum Gasteiger partial charge on any atom is -0.370 e. The lowest BCUT2D eigenvalue weighted by atomic mass is 10.1. The van der Waals surface area contributed by atoms with Crippen LogP contribution in [-0.2, 0) is 6.42 Å². The van der Waals surface area contributed by atoms with Gasteiger partial charge in [0.05, 0.1) is 0 Å². The monoisotopic (exact) mass is 379 g/mol. The van der Waals surface area contributed by atoms with Gasteiger partial charge in [0.2, 0.25) is 0 Å². The van der Waals surface area contributed by atoms with Gasteiger partial charge in [0.1, 0.15) is 0 Å². The first-order chi connectivity index (χ1) is 8.24. The van der Waals surface area contributed by atoms with E-state index in [1.165, 1.54) is 24.1 Å². The Balaban J connectivity index is 0.00000162. The Bertz CT molecular complexity index is 372. The first-order valence-electron chi connectivity index (χ1n) is 6.30. The third-order valence-electron chi connectivity index (χ3n) is 3.55. The number of rotatable bonds is 6. The predicted molar refractivity (Wildman–Crippen MR) is 89.9 cm³/mol. The number of nitrogens with one attached hydrogen (secondary N) is 1. The zero-order valence-electron chi connectivity index (χ0n) is 10.8. The second kappa shape index (κ2) is 7.33. The lowest BCUT2D eigenvalue weighted by Crippen LogP contribution is -2.33. The van der Waals surface area contributed by atoms with Gasteiger partial charge in [0.25, 0.3) is 0 Å². The Hall–Kier alpha value is -0.300. The van der Waals surface area contributed by atoms with Crippen molar-refractivity contribution in [3.63, 3.8) is 0 Å². The van der Waals surface area contributed by atoms with Gasteiger partial charge >= 0.3 is 0 Å². The third kappa shape index (κ3) is 4.76. The van der Waals surface area contributed by atoms with Crippen LogP contribution in [0.4, 0.5) is 0 Å². The number of hydrogen-bond donors (Lipinski definition) is 2. The van der Waals surface area contributed by atoms with Crippen molar-refractivity contribution in [3.8, 4) is 0 Å². The molecule has 2 rings (SSSR count).